The predicted octanol–water partition coefficient (Wildman–Crippen LogP) is 3.45. The van der Waals surface area contributed by atoms with E-state index in [4.69, 9.17) is 19.9 Å². The Morgan fingerprint density at radius 1 is 1.16 bits per heavy atom. The molecule has 3 aromatic rings. The molecule has 5 rings (SSSR count). The number of hydrogen-bond donors (Lipinski definition) is 2. The smallest absolute Gasteiger partial charge is 0.409 e. The molecule has 1 saturated heterocycles. The Morgan fingerprint density at radius 3 is 2.62 bits per heavy atom. The Labute approximate surface area is 214 Å². The Balaban J connectivity index is 1.45. The molecule has 194 valence electrons. The van der Waals surface area contributed by atoms with Gasteiger partial charge in [0.05, 0.1) is 36.8 Å². The number of carbonyl (C=O) groups excluding carboxylic acids is 2. The first kappa shape index (κ1) is 24.7. The minimum atomic E-state index is -0.670. The summed E-state index contributed by atoms with van der Waals surface area (Å²) in [6, 6.07) is 5.33. The summed E-state index contributed by atoms with van der Waals surface area (Å²) in [5.41, 5.74) is 7.79. The van der Waals surface area contributed by atoms with Gasteiger partial charge in [0.2, 0.25) is 5.88 Å². The van der Waals surface area contributed by atoms with Gasteiger partial charge < -0.3 is 30.2 Å². The molecule has 5 heterocycles. The zero-order chi connectivity index (χ0) is 26.5. The molecular formula is C26H30N6O5. The standard InChI is InChI=1S/C26H30N6O5/c1-13-14(2)36-24(33)16-6-7-20(31-22(13)16)30-21-8-17-18(9-28-21)23(29-10-19(17)26(3,4)27)37-15-11-32(12-15)25(34)35-5/h6-10,13-15H,11-12,27H2,1-5H3,(H,28,30,31)/t13-,14-/m0/s1. The van der Waals surface area contributed by atoms with Crippen LogP contribution in [-0.2, 0) is 15.0 Å². The van der Waals surface area contributed by atoms with Crippen LogP contribution in [0, 0.1) is 0 Å². The molecule has 0 bridgehead atoms. The predicted molar refractivity (Wildman–Crippen MR) is 136 cm³/mol. The summed E-state index contributed by atoms with van der Waals surface area (Å²) in [6.07, 6.45) is 2.57. The Bertz CT molecular complexity index is 1380. The summed E-state index contributed by atoms with van der Waals surface area (Å²) in [5, 5.41) is 4.79. The molecule has 0 unspecified atom stereocenters. The van der Waals surface area contributed by atoms with Crippen molar-refractivity contribution in [2.24, 2.45) is 5.73 Å². The van der Waals surface area contributed by atoms with Gasteiger partial charge in [-0.15, -0.1) is 0 Å². The maximum absolute atomic E-state index is 12.2. The summed E-state index contributed by atoms with van der Waals surface area (Å²) < 4.78 is 16.2. The zero-order valence-electron chi connectivity index (χ0n) is 21.4. The topological polar surface area (TPSA) is 142 Å². The lowest BCUT2D eigenvalue weighted by Crippen LogP contribution is -2.56. The molecule has 0 radical (unpaired) electrons. The number of nitrogens with one attached hydrogen (secondary N) is 1. The lowest BCUT2D eigenvalue weighted by Gasteiger charge is -2.37. The maximum Gasteiger partial charge on any atom is 0.409 e. The van der Waals surface area contributed by atoms with Gasteiger partial charge in [-0.05, 0) is 49.9 Å². The van der Waals surface area contributed by atoms with E-state index in [0.29, 0.717) is 47.2 Å². The van der Waals surface area contributed by atoms with E-state index in [9.17, 15) is 9.59 Å². The van der Waals surface area contributed by atoms with Gasteiger partial charge in [0.25, 0.3) is 0 Å². The van der Waals surface area contributed by atoms with Gasteiger partial charge >= 0.3 is 12.1 Å². The van der Waals surface area contributed by atoms with Crippen molar-refractivity contribution in [1.82, 2.24) is 19.9 Å². The van der Waals surface area contributed by atoms with Gasteiger partial charge in [0, 0.05) is 23.9 Å². The van der Waals surface area contributed by atoms with Gasteiger partial charge in [-0.25, -0.2) is 24.5 Å². The van der Waals surface area contributed by atoms with Crippen molar-refractivity contribution in [3.63, 3.8) is 0 Å². The third-order valence-electron chi connectivity index (χ3n) is 6.82. The van der Waals surface area contributed by atoms with Crippen molar-refractivity contribution in [3.05, 3.63) is 47.4 Å². The molecule has 0 aliphatic carbocycles. The first-order valence-electron chi connectivity index (χ1n) is 12.1. The van der Waals surface area contributed by atoms with E-state index in [1.54, 1.807) is 29.4 Å². The van der Waals surface area contributed by atoms with E-state index in [-0.39, 0.29) is 30.2 Å². The fraction of sp³-hybridized carbons (Fsp3) is 0.423. The number of hydrogen-bond acceptors (Lipinski definition) is 10. The molecule has 2 aliphatic heterocycles. The Kier molecular flexibility index (Phi) is 6.10. The first-order valence-corrected chi connectivity index (χ1v) is 12.1. The highest BCUT2D eigenvalue weighted by Gasteiger charge is 2.34. The average Bonchev–Trinajstić information content (AvgIpc) is 2.83. The third-order valence-corrected chi connectivity index (χ3v) is 6.82. The maximum atomic E-state index is 12.2. The number of methoxy groups -OCH3 is 1. The number of nitrogens with zero attached hydrogens (tertiary/aromatic N) is 4. The molecule has 1 fully saturated rings. The molecule has 3 aromatic heterocycles. The second kappa shape index (κ2) is 9.15. The molecule has 11 heteroatoms. The van der Waals surface area contributed by atoms with E-state index >= 15 is 0 Å². The van der Waals surface area contributed by atoms with Gasteiger partial charge in [-0.2, -0.15) is 0 Å². The number of carbonyl (C=O) groups is 2. The Morgan fingerprint density at radius 2 is 1.92 bits per heavy atom. The lowest BCUT2D eigenvalue weighted by atomic mass is 9.93. The van der Waals surface area contributed by atoms with Gasteiger partial charge in [0.1, 0.15) is 23.8 Å². The van der Waals surface area contributed by atoms with Crippen LogP contribution in [0.5, 0.6) is 5.88 Å². The van der Waals surface area contributed by atoms with Crippen molar-refractivity contribution in [2.45, 2.75) is 51.4 Å². The van der Waals surface area contributed by atoms with Crippen molar-refractivity contribution < 1.29 is 23.8 Å². The molecular weight excluding hydrogens is 476 g/mol. The number of amides is 1. The third kappa shape index (κ3) is 4.62. The molecule has 37 heavy (non-hydrogen) atoms. The second-order valence-electron chi connectivity index (χ2n) is 10.1. The van der Waals surface area contributed by atoms with E-state index in [1.807, 2.05) is 33.8 Å². The number of pyridine rings is 3. The van der Waals surface area contributed by atoms with Crippen LogP contribution in [0.25, 0.3) is 10.8 Å². The number of cyclic esters (lactones) is 1. The fourth-order valence-electron chi connectivity index (χ4n) is 4.49. The normalized spacial score (nSPS) is 19.6. The number of ether oxygens (including phenoxy) is 3. The van der Waals surface area contributed by atoms with Crippen LogP contribution in [0.15, 0.2) is 30.6 Å². The van der Waals surface area contributed by atoms with Crippen LogP contribution in [0.2, 0.25) is 0 Å². The first-order chi connectivity index (χ1) is 17.5. The SMILES string of the molecule is COC(=O)N1CC(Oc2ncc(C(C)(C)N)c3cc(Nc4ccc5c(n4)[C@@H](C)[C@H](C)OC5=O)ncc23)C1. The van der Waals surface area contributed by atoms with Crippen LogP contribution in [-0.4, -0.2) is 64.3 Å². The highest BCUT2D eigenvalue weighted by Crippen LogP contribution is 2.35. The van der Waals surface area contributed by atoms with Crippen LogP contribution >= 0.6 is 0 Å². The quantitative estimate of drug-likeness (QED) is 0.494. The highest BCUT2D eigenvalue weighted by molar-refractivity contribution is 5.93. The highest BCUT2D eigenvalue weighted by atomic mass is 16.6. The molecule has 0 aromatic carbocycles. The molecule has 0 saturated carbocycles. The zero-order valence-corrected chi connectivity index (χ0v) is 21.4. The van der Waals surface area contributed by atoms with Gasteiger partial charge in [-0.3, -0.25) is 0 Å². The summed E-state index contributed by atoms with van der Waals surface area (Å²) in [6.45, 7) is 8.49. The summed E-state index contributed by atoms with van der Waals surface area (Å²) in [7, 11) is 1.35. The minimum absolute atomic E-state index is 0.0314. The Hall–Kier alpha value is -3.99. The monoisotopic (exact) mass is 506 g/mol. The van der Waals surface area contributed by atoms with Crippen LogP contribution in [0.3, 0.4) is 0 Å². The average molecular weight is 507 g/mol. The summed E-state index contributed by atoms with van der Waals surface area (Å²) in [5.74, 6) is 1.15. The fourth-order valence-corrected chi connectivity index (χ4v) is 4.49. The molecule has 1 amide bonds. The molecule has 0 spiro atoms. The van der Waals surface area contributed by atoms with E-state index in [2.05, 4.69) is 20.3 Å². The number of esters is 1. The van der Waals surface area contributed by atoms with Crippen molar-refractivity contribution in [1.29, 1.82) is 0 Å². The summed E-state index contributed by atoms with van der Waals surface area (Å²) >= 11 is 0. The number of likely N-dealkylation sites (tertiary alicyclic amines) is 1. The second-order valence-corrected chi connectivity index (χ2v) is 10.1. The molecule has 2 atom stereocenters. The van der Waals surface area contributed by atoms with Crippen molar-refractivity contribution in [3.8, 4) is 5.88 Å². The minimum Gasteiger partial charge on any atom is -0.470 e. The van der Waals surface area contributed by atoms with Crippen LogP contribution in [0.1, 0.15) is 55.2 Å². The van der Waals surface area contributed by atoms with E-state index in [1.165, 1.54) is 7.11 Å². The van der Waals surface area contributed by atoms with Crippen LogP contribution < -0.4 is 15.8 Å². The largest absolute Gasteiger partial charge is 0.470 e. The number of anilines is 2. The van der Waals surface area contributed by atoms with Crippen LogP contribution in [0.4, 0.5) is 16.4 Å². The number of fused-ring (bicyclic) bond motifs is 2. The van der Waals surface area contributed by atoms with E-state index in [0.717, 1.165) is 10.9 Å². The molecule has 2 aliphatic rings. The van der Waals surface area contributed by atoms with Crippen molar-refractivity contribution >= 4 is 34.5 Å². The van der Waals surface area contributed by atoms with E-state index < -0.39 is 5.54 Å². The van der Waals surface area contributed by atoms with Crippen molar-refractivity contribution in [2.75, 3.05) is 25.5 Å². The summed E-state index contributed by atoms with van der Waals surface area (Å²) in [4.78, 5) is 39.2. The van der Waals surface area contributed by atoms with Gasteiger partial charge in [-0.1, -0.05) is 6.92 Å². The number of rotatable bonds is 5. The van der Waals surface area contributed by atoms with Gasteiger partial charge in [0.15, 0.2) is 0 Å². The lowest BCUT2D eigenvalue weighted by molar-refractivity contribution is 0.0169. The number of aromatic nitrogens is 3. The number of nitrogens with two attached hydrogens (primary N) is 1. The molecule has 11 nitrogen and oxygen atoms in total. The molecule has 3 N–H and O–H groups in total.